The van der Waals surface area contributed by atoms with Crippen molar-refractivity contribution in [3.63, 3.8) is 0 Å². The van der Waals surface area contributed by atoms with Crippen molar-refractivity contribution in [2.75, 3.05) is 18.6 Å². The lowest BCUT2D eigenvalue weighted by Crippen LogP contribution is -2.60. The molecule has 0 heterocycles. The van der Waals surface area contributed by atoms with E-state index in [1.54, 1.807) is 6.26 Å². The Hall–Kier alpha value is -1.93. The van der Waals surface area contributed by atoms with Crippen LogP contribution in [0.1, 0.15) is 20.3 Å². The van der Waals surface area contributed by atoms with Crippen molar-refractivity contribution in [2.24, 2.45) is 5.73 Å². The Morgan fingerprint density at radius 2 is 1.48 bits per heavy atom. The van der Waals surface area contributed by atoms with Gasteiger partial charge in [0.05, 0.1) is 18.8 Å². The number of rotatable bonds is 13. The van der Waals surface area contributed by atoms with Gasteiger partial charge in [-0.25, -0.2) is 4.79 Å². The third-order valence-corrected chi connectivity index (χ3v) is 4.57. The van der Waals surface area contributed by atoms with E-state index in [9.17, 15) is 29.4 Å². The van der Waals surface area contributed by atoms with Crippen LogP contribution in [0.4, 0.5) is 0 Å². The number of nitrogens with two attached hydrogens (primary N) is 1. The monoisotopic (exact) mass is 438 g/mol. The van der Waals surface area contributed by atoms with E-state index in [1.807, 2.05) is 0 Å². The van der Waals surface area contributed by atoms with Gasteiger partial charge in [0.15, 0.2) is 0 Å². The largest absolute Gasteiger partial charge is 0.480 e. The van der Waals surface area contributed by atoms with Gasteiger partial charge in [-0.3, -0.25) is 14.4 Å². The predicted octanol–water partition coefficient (Wildman–Crippen LogP) is -3.64. The first kappa shape index (κ1) is 27.1. The van der Waals surface area contributed by atoms with Gasteiger partial charge in [0.25, 0.3) is 0 Å². The van der Waals surface area contributed by atoms with Gasteiger partial charge in [-0.15, -0.1) is 0 Å². The lowest BCUT2D eigenvalue weighted by molar-refractivity contribution is -0.143. The summed E-state index contributed by atoms with van der Waals surface area (Å²) in [4.78, 5) is 47.9. The molecule has 9 N–H and O–H groups in total. The van der Waals surface area contributed by atoms with E-state index in [2.05, 4.69) is 16.0 Å². The Morgan fingerprint density at radius 1 is 0.931 bits per heavy atom. The fraction of sp³-hybridized carbons (Fsp3) is 0.750. The van der Waals surface area contributed by atoms with Crippen LogP contribution in [0.25, 0.3) is 0 Å². The standard InChI is InChI=1S/C16H30N4O8S/c1-7(22)11(17)14(25)20-12(8(2)23)15(26)18-9(4-5-29-3)13(24)19-10(6-21)16(27)28/h7-12,21-23H,4-6,17H2,1-3H3,(H,18,26)(H,19,24)(H,20,25)(H,27,28). The molecule has 13 heteroatoms. The normalized spacial score (nSPS) is 17.2. The highest BCUT2D eigenvalue weighted by molar-refractivity contribution is 7.98. The lowest BCUT2D eigenvalue weighted by atomic mass is 10.1. The van der Waals surface area contributed by atoms with Gasteiger partial charge in [-0.2, -0.15) is 11.8 Å². The SMILES string of the molecule is CSCCC(NC(=O)C(NC(=O)C(N)C(C)O)C(C)O)C(=O)NC(CO)C(=O)O. The first-order valence-electron chi connectivity index (χ1n) is 8.81. The Kier molecular flexibility index (Phi) is 12.4. The number of carboxylic acid groups (broad SMARTS) is 1. The van der Waals surface area contributed by atoms with Crippen LogP contribution in [0.5, 0.6) is 0 Å². The van der Waals surface area contributed by atoms with Crippen LogP contribution < -0.4 is 21.7 Å². The van der Waals surface area contributed by atoms with Crippen LogP contribution in [0.15, 0.2) is 0 Å². The van der Waals surface area contributed by atoms with Gasteiger partial charge in [0, 0.05) is 0 Å². The zero-order valence-electron chi connectivity index (χ0n) is 16.5. The molecular weight excluding hydrogens is 408 g/mol. The number of hydrogen-bond acceptors (Lipinski definition) is 9. The van der Waals surface area contributed by atoms with Gasteiger partial charge < -0.3 is 42.1 Å². The maximum absolute atomic E-state index is 12.5. The van der Waals surface area contributed by atoms with Crippen molar-refractivity contribution < 1.29 is 39.6 Å². The molecule has 12 nitrogen and oxygen atoms in total. The zero-order chi connectivity index (χ0) is 22.7. The average molecular weight is 439 g/mol. The molecule has 6 unspecified atom stereocenters. The molecule has 0 spiro atoms. The van der Waals surface area contributed by atoms with E-state index in [1.165, 1.54) is 25.6 Å². The number of amides is 3. The summed E-state index contributed by atoms with van der Waals surface area (Å²) in [6.07, 6.45) is -0.654. The molecule has 168 valence electrons. The Morgan fingerprint density at radius 3 is 1.90 bits per heavy atom. The molecule has 0 aromatic carbocycles. The molecular formula is C16H30N4O8S. The highest BCUT2D eigenvalue weighted by atomic mass is 32.2. The smallest absolute Gasteiger partial charge is 0.328 e. The fourth-order valence-electron chi connectivity index (χ4n) is 2.10. The van der Waals surface area contributed by atoms with E-state index < -0.39 is 66.7 Å². The van der Waals surface area contributed by atoms with Gasteiger partial charge in [0.2, 0.25) is 17.7 Å². The second kappa shape index (κ2) is 13.3. The molecule has 0 radical (unpaired) electrons. The van der Waals surface area contributed by atoms with E-state index in [-0.39, 0.29) is 6.42 Å². The number of aliphatic hydroxyl groups is 3. The Balaban J connectivity index is 5.30. The number of aliphatic hydroxyl groups excluding tert-OH is 3. The average Bonchev–Trinajstić information content (AvgIpc) is 2.65. The van der Waals surface area contributed by atoms with Crippen LogP contribution in [-0.4, -0.2) is 99.1 Å². The number of aliphatic carboxylic acids is 1. The van der Waals surface area contributed by atoms with Crippen molar-refractivity contribution in [3.05, 3.63) is 0 Å². The third kappa shape index (κ3) is 9.41. The minimum atomic E-state index is -1.55. The molecule has 0 aliphatic heterocycles. The minimum absolute atomic E-state index is 0.129. The van der Waals surface area contributed by atoms with Crippen molar-refractivity contribution in [3.8, 4) is 0 Å². The number of carboxylic acids is 1. The molecule has 0 bridgehead atoms. The van der Waals surface area contributed by atoms with Crippen LogP contribution >= 0.6 is 11.8 Å². The molecule has 0 aromatic rings. The number of carbonyl (C=O) groups is 4. The highest BCUT2D eigenvalue weighted by Crippen LogP contribution is 2.04. The second-order valence-corrected chi connectivity index (χ2v) is 7.40. The molecule has 0 saturated carbocycles. The van der Waals surface area contributed by atoms with Gasteiger partial charge in [-0.1, -0.05) is 0 Å². The molecule has 0 rings (SSSR count). The van der Waals surface area contributed by atoms with Gasteiger partial charge in [-0.05, 0) is 32.3 Å². The van der Waals surface area contributed by atoms with Crippen LogP contribution in [0.3, 0.4) is 0 Å². The number of hydrogen-bond donors (Lipinski definition) is 8. The van der Waals surface area contributed by atoms with Crippen molar-refractivity contribution in [2.45, 2.75) is 56.6 Å². The summed E-state index contributed by atoms with van der Waals surface area (Å²) in [5.41, 5.74) is 5.50. The summed E-state index contributed by atoms with van der Waals surface area (Å²) in [6.45, 7) is 1.68. The van der Waals surface area contributed by atoms with E-state index in [0.717, 1.165) is 0 Å². The molecule has 0 aliphatic rings. The number of thioether (sulfide) groups is 1. The molecule has 0 fully saturated rings. The topological polar surface area (TPSA) is 211 Å². The number of nitrogens with one attached hydrogen (secondary N) is 3. The molecule has 29 heavy (non-hydrogen) atoms. The summed E-state index contributed by atoms with van der Waals surface area (Å²) >= 11 is 1.38. The molecule has 0 aromatic heterocycles. The highest BCUT2D eigenvalue weighted by Gasteiger charge is 2.32. The first-order valence-corrected chi connectivity index (χ1v) is 10.2. The Labute approximate surface area is 172 Å². The maximum atomic E-state index is 12.5. The van der Waals surface area contributed by atoms with Crippen LogP contribution in [0, 0.1) is 0 Å². The van der Waals surface area contributed by atoms with Gasteiger partial charge in [0.1, 0.15) is 24.2 Å². The van der Waals surface area contributed by atoms with Crippen molar-refractivity contribution >= 4 is 35.5 Å². The lowest BCUT2D eigenvalue weighted by Gasteiger charge is -2.26. The zero-order valence-corrected chi connectivity index (χ0v) is 17.3. The third-order valence-electron chi connectivity index (χ3n) is 3.93. The summed E-state index contributed by atoms with van der Waals surface area (Å²) in [6, 6.07) is -5.52. The Bertz CT molecular complexity index is 575. The summed E-state index contributed by atoms with van der Waals surface area (Å²) < 4.78 is 0. The predicted molar refractivity (Wildman–Crippen MR) is 105 cm³/mol. The molecule has 0 aliphatic carbocycles. The quantitative estimate of drug-likeness (QED) is 0.141. The van der Waals surface area contributed by atoms with E-state index >= 15 is 0 Å². The second-order valence-electron chi connectivity index (χ2n) is 6.42. The van der Waals surface area contributed by atoms with Crippen LogP contribution in [0.2, 0.25) is 0 Å². The molecule has 6 atom stereocenters. The van der Waals surface area contributed by atoms with Crippen LogP contribution in [-0.2, 0) is 19.2 Å². The molecule has 0 saturated heterocycles. The van der Waals surface area contributed by atoms with Crippen molar-refractivity contribution in [1.82, 2.24) is 16.0 Å². The maximum Gasteiger partial charge on any atom is 0.328 e. The summed E-state index contributed by atoms with van der Waals surface area (Å²) in [7, 11) is 0. The molecule has 3 amide bonds. The minimum Gasteiger partial charge on any atom is -0.480 e. The first-order chi connectivity index (χ1) is 13.5. The van der Waals surface area contributed by atoms with E-state index in [4.69, 9.17) is 15.9 Å². The number of carbonyl (C=O) groups excluding carboxylic acids is 3. The van der Waals surface area contributed by atoms with E-state index in [0.29, 0.717) is 5.75 Å². The summed E-state index contributed by atoms with van der Waals surface area (Å²) in [5.74, 6) is -3.63. The fourth-order valence-corrected chi connectivity index (χ4v) is 2.57. The van der Waals surface area contributed by atoms with Gasteiger partial charge >= 0.3 is 5.97 Å². The van der Waals surface area contributed by atoms with Crippen molar-refractivity contribution in [1.29, 1.82) is 0 Å². The summed E-state index contributed by atoms with van der Waals surface area (Å²) in [5, 5.41) is 43.9.